The van der Waals surface area contributed by atoms with Crippen LogP contribution < -0.4 is 20.1 Å². The lowest BCUT2D eigenvalue weighted by molar-refractivity contribution is 0.208. The maximum Gasteiger partial charge on any atom is 0.126 e. The Balaban J connectivity index is 0.00000216. The molecule has 2 N–H and O–H groups in total. The predicted octanol–water partition coefficient (Wildman–Crippen LogP) is 7.59. The van der Waals surface area contributed by atoms with Gasteiger partial charge in [0.1, 0.15) is 30.5 Å². The van der Waals surface area contributed by atoms with E-state index in [1.807, 2.05) is 101 Å². The van der Waals surface area contributed by atoms with E-state index in [1.165, 1.54) is 0 Å². The highest BCUT2D eigenvalue weighted by molar-refractivity contribution is 5.44. The van der Waals surface area contributed by atoms with Gasteiger partial charge in [0.05, 0.1) is 11.9 Å². The molecule has 0 radical (unpaired) electrons. The maximum atomic E-state index is 6.04. The van der Waals surface area contributed by atoms with Crippen LogP contribution in [0.25, 0.3) is 0 Å². The van der Waals surface area contributed by atoms with Gasteiger partial charge in [-0.15, -0.1) is 0 Å². The molecule has 0 fully saturated rings. The summed E-state index contributed by atoms with van der Waals surface area (Å²) in [5, 5.41) is 6.83. The van der Waals surface area contributed by atoms with E-state index in [1.54, 1.807) is 0 Å². The summed E-state index contributed by atoms with van der Waals surface area (Å²) in [5.74, 6) is 3.45. The van der Waals surface area contributed by atoms with Crippen LogP contribution in [-0.4, -0.2) is 24.2 Å². The van der Waals surface area contributed by atoms with Gasteiger partial charge in [0.15, 0.2) is 0 Å². The molecule has 0 bridgehead atoms. The molecular formula is C34H43N3O3. The number of nitrogens with zero attached hydrogens (tertiary/aromatic N) is 1. The summed E-state index contributed by atoms with van der Waals surface area (Å²) in [7, 11) is 0. The van der Waals surface area contributed by atoms with Crippen molar-refractivity contribution < 1.29 is 14.2 Å². The fourth-order valence-corrected chi connectivity index (χ4v) is 3.86. The number of rotatable bonds is 14. The first-order valence-corrected chi connectivity index (χ1v) is 14.2. The van der Waals surface area contributed by atoms with Crippen LogP contribution in [0.3, 0.4) is 0 Å². The number of aromatic nitrogens is 1. The van der Waals surface area contributed by atoms with E-state index >= 15 is 0 Å². The van der Waals surface area contributed by atoms with E-state index < -0.39 is 0 Å². The van der Waals surface area contributed by atoms with Gasteiger partial charge >= 0.3 is 0 Å². The van der Waals surface area contributed by atoms with Crippen molar-refractivity contribution in [1.82, 2.24) is 10.3 Å². The van der Waals surface area contributed by atoms with Gasteiger partial charge < -0.3 is 24.8 Å². The largest absolute Gasteiger partial charge is 0.496 e. The van der Waals surface area contributed by atoms with Gasteiger partial charge in [-0.05, 0) is 55.3 Å². The first kappa shape index (κ1) is 30.5. The molecule has 1 aromatic heterocycles. The van der Waals surface area contributed by atoms with E-state index in [2.05, 4.69) is 39.9 Å². The topological polar surface area (TPSA) is 64.6 Å². The molecule has 0 unspecified atom stereocenters. The van der Waals surface area contributed by atoms with Crippen LogP contribution in [0, 0.1) is 0 Å². The van der Waals surface area contributed by atoms with Crippen molar-refractivity contribution in [1.29, 1.82) is 0 Å². The van der Waals surface area contributed by atoms with Crippen LogP contribution in [-0.2, 0) is 24.4 Å². The molecule has 0 amide bonds. The molecular weight excluding hydrogens is 498 g/mol. The summed E-state index contributed by atoms with van der Waals surface area (Å²) in [6.07, 6.45) is 13.0. The molecule has 1 aliphatic carbocycles. The lowest BCUT2D eigenvalue weighted by atomic mass is 10.1. The third kappa shape index (κ3) is 11.0. The van der Waals surface area contributed by atoms with Crippen molar-refractivity contribution in [2.45, 2.75) is 59.9 Å². The van der Waals surface area contributed by atoms with Crippen molar-refractivity contribution in [3.63, 3.8) is 0 Å². The second-order valence-corrected chi connectivity index (χ2v) is 9.29. The molecule has 0 saturated heterocycles. The van der Waals surface area contributed by atoms with Crippen molar-refractivity contribution in [2.24, 2.45) is 0 Å². The minimum Gasteiger partial charge on any atom is -0.496 e. The smallest absolute Gasteiger partial charge is 0.126 e. The van der Waals surface area contributed by atoms with Gasteiger partial charge in [-0.1, -0.05) is 74.5 Å². The Labute approximate surface area is 239 Å². The minimum absolute atomic E-state index is 0.0812. The Bertz CT molecular complexity index is 1220. The number of pyridine rings is 1. The molecule has 6 heteroatoms. The average molecular weight is 542 g/mol. The number of ether oxygens (including phenoxy) is 3. The third-order valence-electron chi connectivity index (χ3n) is 5.78. The summed E-state index contributed by atoms with van der Waals surface area (Å²) in [5.41, 5.74) is 3.27. The van der Waals surface area contributed by atoms with Crippen LogP contribution in [0.15, 0.2) is 103 Å². The minimum atomic E-state index is 0.0812. The quantitative estimate of drug-likeness (QED) is 0.205. The number of hydrogen-bond acceptors (Lipinski definition) is 6. The van der Waals surface area contributed by atoms with Crippen LogP contribution in [0.2, 0.25) is 0 Å². The third-order valence-corrected chi connectivity index (χ3v) is 5.78. The van der Waals surface area contributed by atoms with Crippen LogP contribution in [0.4, 0.5) is 5.82 Å². The first-order valence-electron chi connectivity index (χ1n) is 14.2. The Morgan fingerprint density at radius 3 is 2.50 bits per heavy atom. The first-order chi connectivity index (χ1) is 19.7. The lowest BCUT2D eigenvalue weighted by Crippen LogP contribution is -2.19. The summed E-state index contributed by atoms with van der Waals surface area (Å²) in [4.78, 5) is 4.59. The second-order valence-electron chi connectivity index (χ2n) is 9.29. The van der Waals surface area contributed by atoms with Gasteiger partial charge in [0.25, 0.3) is 0 Å². The van der Waals surface area contributed by atoms with Gasteiger partial charge in [0, 0.05) is 37.8 Å². The lowest BCUT2D eigenvalue weighted by Gasteiger charge is -2.17. The van der Waals surface area contributed by atoms with E-state index in [-0.39, 0.29) is 6.10 Å². The molecule has 0 aliphatic heterocycles. The monoisotopic (exact) mass is 541 g/mol. The van der Waals surface area contributed by atoms with Crippen LogP contribution in [0.5, 0.6) is 11.5 Å². The molecule has 3 aromatic rings. The fraction of sp³-hybridized carbons (Fsp3) is 0.324. The highest BCUT2D eigenvalue weighted by Gasteiger charge is 2.09. The number of allylic oxidation sites excluding steroid dienone is 5. The van der Waals surface area contributed by atoms with Crippen LogP contribution in [0.1, 0.15) is 50.8 Å². The molecule has 2 aromatic carbocycles. The van der Waals surface area contributed by atoms with Crippen molar-refractivity contribution in [3.8, 4) is 11.5 Å². The van der Waals surface area contributed by atoms with Gasteiger partial charge in [-0.3, -0.25) is 0 Å². The van der Waals surface area contributed by atoms with E-state index in [4.69, 9.17) is 14.2 Å². The number of nitrogens with one attached hydrogen (secondary N) is 2. The standard InChI is InChI=1S/C32H37N3O3.C2H6/c1-25(2)38-31-16-15-30(37-24-26-10-6-5-7-11-26)20-28(31)23-35-32-17-14-27(22-34-32)21-33-18-19-36-29-12-8-3-4-9-13-29;1-2/h3-12,14-17,20,22,25,33H,13,18-19,21,23-24H2,1-2H3,(H,34,35);1-2H3. The molecule has 0 saturated carbocycles. The Morgan fingerprint density at radius 2 is 1.73 bits per heavy atom. The molecule has 0 atom stereocenters. The zero-order valence-corrected chi connectivity index (χ0v) is 24.2. The van der Waals surface area contributed by atoms with Gasteiger partial charge in [-0.2, -0.15) is 0 Å². The SMILES string of the molecule is CC.CC(C)Oc1ccc(OCc2ccccc2)cc1CNc1ccc(CNCCOC2=CC=CC=CC2)cn1. The summed E-state index contributed by atoms with van der Waals surface area (Å²) < 4.78 is 17.9. The highest BCUT2D eigenvalue weighted by atomic mass is 16.5. The molecule has 0 spiro atoms. The summed E-state index contributed by atoms with van der Waals surface area (Å²) in [6.45, 7) is 11.3. The Kier molecular flexibility index (Phi) is 13.4. The summed E-state index contributed by atoms with van der Waals surface area (Å²) >= 11 is 0. The molecule has 4 rings (SSSR count). The zero-order valence-electron chi connectivity index (χ0n) is 24.2. The fourth-order valence-electron chi connectivity index (χ4n) is 3.86. The van der Waals surface area contributed by atoms with Crippen molar-refractivity contribution in [3.05, 3.63) is 120 Å². The number of hydrogen-bond donors (Lipinski definition) is 2. The van der Waals surface area contributed by atoms with E-state index in [0.29, 0.717) is 19.8 Å². The Hall–Kier alpha value is -4.03. The van der Waals surface area contributed by atoms with Gasteiger partial charge in [0.2, 0.25) is 0 Å². The normalized spacial score (nSPS) is 12.2. The maximum absolute atomic E-state index is 6.04. The van der Waals surface area contributed by atoms with E-state index in [0.717, 1.165) is 59.3 Å². The highest BCUT2D eigenvalue weighted by Crippen LogP contribution is 2.27. The molecule has 40 heavy (non-hydrogen) atoms. The average Bonchev–Trinajstić information content (AvgIpc) is 3.26. The van der Waals surface area contributed by atoms with E-state index in [9.17, 15) is 0 Å². The second kappa shape index (κ2) is 17.5. The zero-order chi connectivity index (χ0) is 28.4. The Morgan fingerprint density at radius 1 is 0.875 bits per heavy atom. The van der Waals surface area contributed by atoms with Crippen molar-refractivity contribution >= 4 is 5.82 Å². The van der Waals surface area contributed by atoms with Gasteiger partial charge in [-0.25, -0.2) is 4.98 Å². The van der Waals surface area contributed by atoms with Crippen LogP contribution >= 0.6 is 0 Å². The molecule has 6 nitrogen and oxygen atoms in total. The number of anilines is 1. The molecule has 1 heterocycles. The number of benzene rings is 2. The van der Waals surface area contributed by atoms with Crippen molar-refractivity contribution in [2.75, 3.05) is 18.5 Å². The predicted molar refractivity (Wildman–Crippen MR) is 165 cm³/mol. The molecule has 1 aliphatic rings. The molecule has 212 valence electrons. The summed E-state index contributed by atoms with van der Waals surface area (Å²) in [6, 6.07) is 20.2.